The first kappa shape index (κ1) is 31.1. The SMILES string of the molecule is CC(C)NC(=O)C(Cc1ccccc1)N(Cc1ccccc1F)C(=O)CCCN(c1ccc(Cl)cc1)S(C)(=O)=O. The standard InChI is InChI=1S/C30H35ClFN3O4S/c1-22(2)33-30(37)28(20-23-10-5-4-6-11-23)34(21-24-12-7-8-13-27(24)32)29(36)14-9-19-35(40(3,38)39)26-17-15-25(31)16-18-26/h4-8,10-13,15-18,22,28H,9,14,19-21H2,1-3H3,(H,33,37). The Bertz CT molecular complexity index is 1390. The van der Waals surface area contributed by atoms with Crippen molar-refractivity contribution < 1.29 is 22.4 Å². The van der Waals surface area contributed by atoms with Gasteiger partial charge in [-0.1, -0.05) is 60.1 Å². The van der Waals surface area contributed by atoms with Crippen LogP contribution in [0.25, 0.3) is 0 Å². The van der Waals surface area contributed by atoms with Gasteiger partial charge in [0.2, 0.25) is 21.8 Å². The molecule has 0 bridgehead atoms. The average molecular weight is 588 g/mol. The third-order valence-electron chi connectivity index (χ3n) is 6.27. The molecule has 0 heterocycles. The molecule has 1 unspecified atom stereocenters. The summed E-state index contributed by atoms with van der Waals surface area (Å²) >= 11 is 5.96. The van der Waals surface area contributed by atoms with E-state index in [0.29, 0.717) is 10.7 Å². The molecule has 2 amide bonds. The summed E-state index contributed by atoms with van der Waals surface area (Å²) in [5, 5.41) is 3.37. The Morgan fingerprint density at radius 2 is 1.57 bits per heavy atom. The van der Waals surface area contributed by atoms with Gasteiger partial charge >= 0.3 is 0 Å². The van der Waals surface area contributed by atoms with Gasteiger partial charge in [-0.25, -0.2) is 12.8 Å². The molecule has 0 aliphatic heterocycles. The highest BCUT2D eigenvalue weighted by atomic mass is 35.5. The van der Waals surface area contributed by atoms with Crippen LogP contribution < -0.4 is 9.62 Å². The molecule has 40 heavy (non-hydrogen) atoms. The number of carbonyl (C=O) groups is 2. The average Bonchev–Trinajstić information content (AvgIpc) is 2.89. The Labute approximate surface area is 241 Å². The van der Waals surface area contributed by atoms with Crippen molar-refractivity contribution in [2.45, 2.75) is 51.7 Å². The van der Waals surface area contributed by atoms with Crippen molar-refractivity contribution in [3.8, 4) is 0 Å². The molecule has 0 spiro atoms. The Kier molecular flexibility index (Phi) is 11.1. The lowest BCUT2D eigenvalue weighted by atomic mass is 10.0. The minimum Gasteiger partial charge on any atom is -0.352 e. The second-order valence-corrected chi connectivity index (χ2v) is 12.2. The normalized spacial score (nSPS) is 12.2. The van der Waals surface area contributed by atoms with Gasteiger partial charge in [0.05, 0.1) is 11.9 Å². The van der Waals surface area contributed by atoms with E-state index in [0.717, 1.165) is 11.8 Å². The summed E-state index contributed by atoms with van der Waals surface area (Å²) in [4.78, 5) is 28.5. The zero-order valence-electron chi connectivity index (χ0n) is 22.9. The van der Waals surface area contributed by atoms with Crippen molar-refractivity contribution in [2.75, 3.05) is 17.1 Å². The number of carbonyl (C=O) groups excluding carboxylic acids is 2. The molecular weight excluding hydrogens is 553 g/mol. The number of halogens is 2. The summed E-state index contributed by atoms with van der Waals surface area (Å²) in [6.45, 7) is 3.59. The summed E-state index contributed by atoms with van der Waals surface area (Å²) in [6, 6.07) is 20.8. The molecular formula is C30H35ClFN3O4S. The number of sulfonamides is 1. The van der Waals surface area contributed by atoms with Gasteiger partial charge in [-0.2, -0.15) is 0 Å². The molecule has 0 radical (unpaired) electrons. The van der Waals surface area contributed by atoms with Crippen molar-refractivity contribution in [3.05, 3.63) is 101 Å². The maximum Gasteiger partial charge on any atom is 0.243 e. The van der Waals surface area contributed by atoms with Crippen molar-refractivity contribution in [2.24, 2.45) is 0 Å². The van der Waals surface area contributed by atoms with Crippen molar-refractivity contribution in [1.82, 2.24) is 10.2 Å². The highest BCUT2D eigenvalue weighted by Crippen LogP contribution is 2.22. The number of amides is 2. The summed E-state index contributed by atoms with van der Waals surface area (Å²) in [7, 11) is -3.64. The molecule has 0 saturated heterocycles. The highest BCUT2D eigenvalue weighted by molar-refractivity contribution is 7.92. The fourth-order valence-corrected chi connectivity index (χ4v) is 5.45. The third kappa shape index (κ3) is 9.06. The van der Waals surface area contributed by atoms with Gasteiger partial charge < -0.3 is 10.2 Å². The molecule has 0 fully saturated rings. The third-order valence-corrected chi connectivity index (χ3v) is 7.71. The van der Waals surface area contributed by atoms with E-state index in [1.165, 1.54) is 15.3 Å². The number of anilines is 1. The smallest absolute Gasteiger partial charge is 0.243 e. The lowest BCUT2D eigenvalue weighted by Crippen LogP contribution is -2.52. The first-order chi connectivity index (χ1) is 19.0. The van der Waals surface area contributed by atoms with Gasteiger partial charge in [0.15, 0.2) is 0 Å². The molecule has 7 nitrogen and oxygen atoms in total. The second-order valence-electron chi connectivity index (χ2n) is 9.90. The minimum absolute atomic E-state index is 0.0429. The van der Waals surface area contributed by atoms with E-state index < -0.39 is 21.9 Å². The number of nitrogens with zero attached hydrogens (tertiary/aromatic N) is 2. The van der Waals surface area contributed by atoms with Crippen LogP contribution in [0.1, 0.15) is 37.8 Å². The summed E-state index contributed by atoms with van der Waals surface area (Å²) in [5.74, 6) is -1.20. The predicted molar refractivity (Wildman–Crippen MR) is 157 cm³/mol. The van der Waals surface area contributed by atoms with E-state index in [1.807, 2.05) is 44.2 Å². The van der Waals surface area contributed by atoms with Gasteiger partial charge in [-0.15, -0.1) is 0 Å². The van der Waals surface area contributed by atoms with Gasteiger partial charge in [0.1, 0.15) is 11.9 Å². The Morgan fingerprint density at radius 3 is 2.17 bits per heavy atom. The summed E-state index contributed by atoms with van der Waals surface area (Å²) in [6.07, 6.45) is 1.47. The molecule has 0 aromatic heterocycles. The first-order valence-electron chi connectivity index (χ1n) is 13.1. The highest BCUT2D eigenvalue weighted by Gasteiger charge is 2.31. The van der Waals surface area contributed by atoms with Crippen LogP contribution in [0.2, 0.25) is 5.02 Å². The number of benzene rings is 3. The topological polar surface area (TPSA) is 86.8 Å². The predicted octanol–water partition coefficient (Wildman–Crippen LogP) is 5.19. The molecule has 3 aromatic rings. The van der Waals surface area contributed by atoms with E-state index in [1.54, 1.807) is 42.5 Å². The Morgan fingerprint density at radius 1 is 0.950 bits per heavy atom. The van der Waals surface area contributed by atoms with Crippen molar-refractivity contribution in [3.63, 3.8) is 0 Å². The molecule has 1 atom stereocenters. The molecule has 0 aliphatic carbocycles. The maximum atomic E-state index is 14.7. The van der Waals surface area contributed by atoms with Gasteiger partial charge in [-0.3, -0.25) is 13.9 Å². The van der Waals surface area contributed by atoms with Crippen LogP contribution in [0.3, 0.4) is 0 Å². The van der Waals surface area contributed by atoms with Crippen LogP contribution in [0.15, 0.2) is 78.9 Å². The van der Waals surface area contributed by atoms with E-state index >= 15 is 0 Å². The van der Waals surface area contributed by atoms with Gasteiger partial charge in [-0.05, 0) is 56.2 Å². The zero-order chi connectivity index (χ0) is 29.3. The van der Waals surface area contributed by atoms with Crippen molar-refractivity contribution in [1.29, 1.82) is 0 Å². The molecule has 0 saturated carbocycles. The number of hydrogen-bond donors (Lipinski definition) is 1. The number of nitrogens with one attached hydrogen (secondary N) is 1. The Hall–Kier alpha value is -3.43. The molecule has 3 rings (SSSR count). The lowest BCUT2D eigenvalue weighted by Gasteiger charge is -2.32. The van der Waals surface area contributed by atoms with E-state index in [9.17, 15) is 22.4 Å². The van der Waals surface area contributed by atoms with Crippen LogP contribution >= 0.6 is 11.6 Å². The Balaban J connectivity index is 1.88. The number of hydrogen-bond acceptors (Lipinski definition) is 4. The van der Waals surface area contributed by atoms with Gasteiger partial charge in [0.25, 0.3) is 0 Å². The van der Waals surface area contributed by atoms with Gasteiger partial charge in [0, 0.05) is 42.6 Å². The fourth-order valence-electron chi connectivity index (χ4n) is 4.36. The van der Waals surface area contributed by atoms with Crippen LogP contribution in [-0.2, 0) is 32.6 Å². The molecule has 1 N–H and O–H groups in total. The van der Waals surface area contributed by atoms with E-state index in [4.69, 9.17) is 11.6 Å². The largest absolute Gasteiger partial charge is 0.352 e. The fraction of sp³-hybridized carbons (Fsp3) is 0.333. The number of rotatable bonds is 13. The quantitative estimate of drug-likeness (QED) is 0.298. The van der Waals surface area contributed by atoms with E-state index in [2.05, 4.69) is 5.32 Å². The summed E-state index contributed by atoms with van der Waals surface area (Å²) in [5.41, 5.74) is 1.56. The second kappa shape index (κ2) is 14.3. The first-order valence-corrected chi connectivity index (χ1v) is 15.3. The monoisotopic (exact) mass is 587 g/mol. The summed E-state index contributed by atoms with van der Waals surface area (Å²) < 4.78 is 40.9. The van der Waals surface area contributed by atoms with Crippen LogP contribution in [0.5, 0.6) is 0 Å². The minimum atomic E-state index is -3.64. The zero-order valence-corrected chi connectivity index (χ0v) is 24.5. The van der Waals surface area contributed by atoms with E-state index in [-0.39, 0.29) is 55.8 Å². The lowest BCUT2D eigenvalue weighted by molar-refractivity contribution is -0.141. The van der Waals surface area contributed by atoms with Crippen LogP contribution in [0, 0.1) is 5.82 Å². The molecule has 10 heteroatoms. The van der Waals surface area contributed by atoms with Crippen molar-refractivity contribution >= 4 is 39.1 Å². The maximum absolute atomic E-state index is 14.7. The molecule has 214 valence electrons. The van der Waals surface area contributed by atoms with Crippen LogP contribution in [-0.4, -0.2) is 50.0 Å². The molecule has 3 aromatic carbocycles. The van der Waals surface area contributed by atoms with Crippen LogP contribution in [0.4, 0.5) is 10.1 Å². The molecule has 0 aliphatic rings.